The van der Waals surface area contributed by atoms with Gasteiger partial charge < -0.3 is 112 Å². The fourth-order valence-corrected chi connectivity index (χ4v) is 0. The summed E-state index contributed by atoms with van der Waals surface area (Å²) in [5.74, 6) is 0. The van der Waals surface area contributed by atoms with Crippen LogP contribution >= 0.6 is 47.1 Å². The zero-order valence-electron chi connectivity index (χ0n) is 6.19. The summed E-state index contributed by atoms with van der Waals surface area (Å²) in [6.07, 6.45) is 0. The molecule has 111 valence electrons. The van der Waals surface area contributed by atoms with Crippen molar-refractivity contribution in [2.45, 2.75) is 0 Å². The van der Waals surface area contributed by atoms with Crippen LogP contribution in [-0.4, -0.2) is 0 Å². The zero-order chi connectivity index (χ0) is 0. The van der Waals surface area contributed by atoms with E-state index in [2.05, 4.69) is 0 Å². The predicted molar refractivity (Wildman–Crippen MR) is 32.8 cm³/mol. The Morgan fingerprint density at radius 3 is 0.333 bits per heavy atom. The molecule has 0 rings (SSSR count). The summed E-state index contributed by atoms with van der Waals surface area (Å²) >= 11 is 0. The molecule has 0 nitrogen and oxygen atoms in total. The van der Waals surface area contributed by atoms with E-state index < -0.39 is 0 Å². The van der Waals surface area contributed by atoms with Gasteiger partial charge in [-0.2, -0.15) is 9.90 Å². The Kier molecular flexibility index (Phi) is 4350. The molecule has 0 aromatic carbocycles. The fourth-order valence-electron chi connectivity index (χ4n) is 0. The van der Waals surface area contributed by atoms with Gasteiger partial charge in [-0.05, 0) is 0 Å². The Morgan fingerprint density at radius 1 is 0.333 bits per heavy atom. The van der Waals surface area contributed by atoms with Gasteiger partial charge in [0, 0.05) is 18.6 Å². The van der Waals surface area contributed by atoms with E-state index >= 15 is 0 Å². The van der Waals surface area contributed by atoms with Gasteiger partial charge in [0.2, 0.25) is 0 Å². The van der Waals surface area contributed by atoms with Crippen molar-refractivity contribution < 1.29 is 151 Å². The average Bonchev–Trinajstić information content (AvgIpc) is 0. The molecule has 0 aliphatic heterocycles. The van der Waals surface area contributed by atoms with Gasteiger partial charge in [0.25, 0.3) is 0 Å². The van der Waals surface area contributed by atoms with Gasteiger partial charge in [0.1, 0.15) is 0 Å². The van der Waals surface area contributed by atoms with Gasteiger partial charge in [-0.25, -0.2) is 0 Å². The molecule has 0 saturated carbocycles. The molecule has 0 N–H and O–H groups in total. The normalized spacial score (nSPS) is 0. The van der Waals surface area contributed by atoms with Crippen LogP contribution in [0, 0.1) is 0 Å². The minimum Gasteiger partial charge on any atom is -1.00 e. The minimum atomic E-state index is 0. The average molecular weight is 609 g/mol. The fraction of sp³-hybridized carbons (Fsp3) is 0. The van der Waals surface area contributed by atoms with E-state index in [1.165, 1.54) is 0 Å². The van der Waals surface area contributed by atoms with Crippen LogP contribution in [0.25, 0.3) is 0 Å². The van der Waals surface area contributed by atoms with Crippen LogP contribution in [0.2, 0.25) is 0 Å². The maximum absolute atomic E-state index is 0. The summed E-state index contributed by atoms with van der Waals surface area (Å²) in [6.45, 7) is 0. The van der Waals surface area contributed by atoms with Gasteiger partial charge in [0.05, 0.1) is 0 Å². The Hall–Kier alpha value is 5.18. The topological polar surface area (TPSA) is 0 Å². The van der Waals surface area contributed by atoms with Crippen LogP contribution in [0.5, 0.6) is 0 Å². The van der Waals surface area contributed by atoms with Crippen LogP contribution in [0.1, 0.15) is 0 Å². The molecular weight excluding hydrogens is 603 g/mol. The Bertz CT molecular complexity index is 15.6. The molecule has 15 heavy (non-hydrogen) atoms. The van der Waals surface area contributed by atoms with Gasteiger partial charge in [0.15, 0.2) is 0 Å². The van der Waals surface area contributed by atoms with Crippen molar-refractivity contribution >= 4 is 47.1 Å². The third kappa shape index (κ3) is 211. The summed E-state index contributed by atoms with van der Waals surface area (Å²) < 4.78 is 0. The summed E-state index contributed by atoms with van der Waals surface area (Å²) in [6, 6.07) is 0. The van der Waals surface area contributed by atoms with E-state index in [1.807, 2.05) is 0 Å². The molecule has 0 heterocycles. The summed E-state index contributed by atoms with van der Waals surface area (Å²) in [5, 5.41) is 0. The number of hydrogen-bond acceptors (Lipinski definition) is 0. The first-order valence-electron chi connectivity index (χ1n) is 0. The molecule has 1 unspecified atom stereocenters. The molecule has 0 aromatic heterocycles. The Balaban J connectivity index is 0. The summed E-state index contributed by atoms with van der Waals surface area (Å²) in [7, 11) is 0. The van der Waals surface area contributed by atoms with Crippen molar-refractivity contribution in [3.8, 4) is 0 Å². The quantitative estimate of drug-likeness (QED) is 0.189. The zero-order valence-corrected chi connectivity index (χ0v) is 20.3. The van der Waals surface area contributed by atoms with Crippen molar-refractivity contribution in [2.75, 3.05) is 0 Å². The number of hydrogen-bond donors (Lipinski definition) is 0. The van der Waals surface area contributed by atoms with Gasteiger partial charge in [-0.1, -0.05) is 0 Å². The second kappa shape index (κ2) is 236. The molecule has 0 aromatic rings. The SMILES string of the molecule is Cl.Cl.Cl.P.[Cl-].[Cl-].[Cl-].[Cl-].[Cl-].[Cl-].[Cl-].[Cl-].[Cl-].[Mo+4].[V]. The van der Waals surface area contributed by atoms with E-state index in [4.69, 9.17) is 0 Å². The van der Waals surface area contributed by atoms with Crippen LogP contribution < -0.4 is 112 Å². The van der Waals surface area contributed by atoms with Crippen LogP contribution in [0.3, 0.4) is 0 Å². The van der Waals surface area contributed by atoms with E-state index in [1.54, 1.807) is 0 Å². The molecule has 0 spiro atoms. The van der Waals surface area contributed by atoms with Crippen LogP contribution in [0.15, 0.2) is 0 Å². The molecule has 0 bridgehead atoms. The Morgan fingerprint density at radius 2 is 0.333 bits per heavy atom. The van der Waals surface area contributed by atoms with Crippen molar-refractivity contribution in [3.05, 3.63) is 0 Å². The number of rotatable bonds is 0. The van der Waals surface area contributed by atoms with Crippen molar-refractivity contribution in [2.24, 2.45) is 0 Å². The van der Waals surface area contributed by atoms with Crippen molar-refractivity contribution in [1.29, 1.82) is 0 Å². The van der Waals surface area contributed by atoms with E-state index in [0.29, 0.717) is 0 Å². The first-order chi connectivity index (χ1) is 0. The van der Waals surface area contributed by atoms with Crippen molar-refractivity contribution in [1.82, 2.24) is 0 Å². The van der Waals surface area contributed by atoms with E-state index in [9.17, 15) is 0 Å². The minimum absolute atomic E-state index is 0. The smallest absolute Gasteiger partial charge is 1.00 e. The van der Waals surface area contributed by atoms with E-state index in [-0.39, 0.29) is 198 Å². The second-order valence-electron chi connectivity index (χ2n) is 0. The van der Waals surface area contributed by atoms with Crippen LogP contribution in [-0.2, 0) is 39.6 Å². The molecule has 0 aliphatic rings. The molecule has 0 aliphatic carbocycles. The predicted octanol–water partition coefficient (Wildman–Crippen LogP) is -25.6. The largest absolute Gasteiger partial charge is 4.00 e. The number of halogens is 12. The second-order valence-corrected chi connectivity index (χ2v) is 0. The van der Waals surface area contributed by atoms with Crippen molar-refractivity contribution in [3.63, 3.8) is 0 Å². The molecule has 0 fully saturated rings. The van der Waals surface area contributed by atoms with Crippen LogP contribution in [0.4, 0.5) is 0 Å². The maximum atomic E-state index is 0. The summed E-state index contributed by atoms with van der Waals surface area (Å²) in [5.41, 5.74) is 0. The van der Waals surface area contributed by atoms with Gasteiger partial charge >= 0.3 is 21.1 Å². The summed E-state index contributed by atoms with van der Waals surface area (Å²) in [4.78, 5) is 0. The van der Waals surface area contributed by atoms with E-state index in [0.717, 1.165) is 0 Å². The first kappa shape index (κ1) is 276. The molecule has 1 atom stereocenters. The first-order valence-corrected chi connectivity index (χ1v) is 0. The van der Waals surface area contributed by atoms with Gasteiger partial charge in [-0.3, -0.25) is 0 Å². The maximum Gasteiger partial charge on any atom is 4.00 e. The standard InChI is InChI=1S/12ClH.Mo.H3P.V/h12*1H;;1H3;/q;;;;;;;;;;;;+4;;/p-9. The monoisotopic (exact) mass is 605 g/mol. The Labute approximate surface area is 195 Å². The molecule has 1 radical (unpaired) electrons. The molecule has 15 heteroatoms. The molecular formula is H6Cl12MoPV-5. The molecule has 0 saturated heterocycles. The molecule has 0 amide bonds. The van der Waals surface area contributed by atoms with Gasteiger partial charge in [-0.15, -0.1) is 37.2 Å². The third-order valence-electron chi connectivity index (χ3n) is 0. The third-order valence-corrected chi connectivity index (χ3v) is 0.